The van der Waals surface area contributed by atoms with Crippen molar-refractivity contribution in [1.29, 1.82) is 0 Å². The van der Waals surface area contributed by atoms with Crippen LogP contribution in [-0.4, -0.2) is 24.7 Å². The largest absolute Gasteiger partial charge is 0.456 e. The van der Waals surface area contributed by atoms with Crippen molar-refractivity contribution >= 4 is 5.97 Å². The second-order valence-corrected chi connectivity index (χ2v) is 6.34. The zero-order valence-corrected chi connectivity index (χ0v) is 12.1. The fourth-order valence-corrected chi connectivity index (χ4v) is 3.53. The van der Waals surface area contributed by atoms with Crippen molar-refractivity contribution in [2.45, 2.75) is 50.6 Å². The predicted octanol–water partition coefficient (Wildman–Crippen LogP) is 4.50. The minimum atomic E-state index is -4.56. The first-order chi connectivity index (χ1) is 10.1. The molecule has 2 aliphatic rings. The van der Waals surface area contributed by atoms with Crippen LogP contribution in [-0.2, 0) is 9.53 Å². The minimum absolute atomic E-state index is 0.0812. The molecule has 0 unspecified atom stereocenters. The van der Waals surface area contributed by atoms with E-state index in [1.54, 1.807) is 0 Å². The van der Waals surface area contributed by atoms with Crippen molar-refractivity contribution in [2.24, 2.45) is 17.8 Å². The summed E-state index contributed by atoms with van der Waals surface area (Å²) in [5.41, 5.74) is 0.774. The molecule has 2 saturated carbocycles. The number of carbonyl (C=O) groups is 1. The van der Waals surface area contributed by atoms with E-state index in [1.807, 2.05) is 0 Å². The van der Waals surface area contributed by atoms with Gasteiger partial charge in [0.2, 0.25) is 5.92 Å². The van der Waals surface area contributed by atoms with Crippen LogP contribution in [0.1, 0.15) is 38.5 Å². The Morgan fingerprint density at radius 1 is 1.23 bits per heavy atom. The second-order valence-electron chi connectivity index (χ2n) is 6.34. The lowest BCUT2D eigenvalue weighted by Crippen LogP contribution is -2.33. The molecule has 0 aliphatic heterocycles. The molecule has 0 bridgehead atoms. The maximum atomic E-state index is 13.2. The molecule has 2 rings (SSSR count). The molecular weight excluding hydrogens is 307 g/mol. The molecule has 2 aliphatic carbocycles. The van der Waals surface area contributed by atoms with Crippen molar-refractivity contribution < 1.29 is 31.5 Å². The summed E-state index contributed by atoms with van der Waals surface area (Å²) in [6.45, 7) is 2.18. The van der Waals surface area contributed by atoms with Crippen LogP contribution in [0.25, 0.3) is 0 Å². The van der Waals surface area contributed by atoms with Gasteiger partial charge in [-0.1, -0.05) is 12.2 Å². The molecular formula is C15H19F5O2. The van der Waals surface area contributed by atoms with Crippen molar-refractivity contribution in [3.05, 3.63) is 12.2 Å². The monoisotopic (exact) mass is 326 g/mol. The van der Waals surface area contributed by atoms with Gasteiger partial charge in [0, 0.05) is 12.8 Å². The lowest BCUT2D eigenvalue weighted by molar-refractivity contribution is -0.190. The fraction of sp³-hybridized carbons (Fsp3) is 0.800. The molecule has 2 atom stereocenters. The number of carbonyl (C=O) groups excluding carboxylic acids is 1. The zero-order chi connectivity index (χ0) is 16.5. The normalized spacial score (nSPS) is 29.6. The summed E-state index contributed by atoms with van der Waals surface area (Å²) in [7, 11) is 0. The number of alkyl halides is 5. The van der Waals surface area contributed by atoms with Crippen LogP contribution in [0.15, 0.2) is 12.2 Å². The summed E-state index contributed by atoms with van der Waals surface area (Å²) >= 11 is 0. The van der Waals surface area contributed by atoms with Crippen LogP contribution in [0, 0.1) is 17.8 Å². The summed E-state index contributed by atoms with van der Waals surface area (Å²) in [6.07, 6.45) is -3.66. The first kappa shape index (κ1) is 17.2. The van der Waals surface area contributed by atoms with Crippen LogP contribution in [0.2, 0.25) is 0 Å². The highest BCUT2D eigenvalue weighted by atomic mass is 19.4. The Morgan fingerprint density at radius 3 is 2.36 bits per heavy atom. The molecule has 2 nitrogen and oxygen atoms in total. The van der Waals surface area contributed by atoms with Crippen molar-refractivity contribution in [3.63, 3.8) is 0 Å². The van der Waals surface area contributed by atoms with E-state index >= 15 is 0 Å². The molecule has 0 heterocycles. The molecule has 0 amide bonds. The van der Waals surface area contributed by atoms with Crippen LogP contribution >= 0.6 is 0 Å². The van der Waals surface area contributed by atoms with Crippen molar-refractivity contribution in [2.75, 3.05) is 6.61 Å². The van der Waals surface area contributed by atoms with Gasteiger partial charge in [-0.3, -0.25) is 4.79 Å². The first-order valence-corrected chi connectivity index (χ1v) is 7.35. The van der Waals surface area contributed by atoms with Gasteiger partial charge in [-0.05, 0) is 37.5 Å². The Balaban J connectivity index is 1.97. The van der Waals surface area contributed by atoms with E-state index in [4.69, 9.17) is 0 Å². The number of hydrogen-bond donors (Lipinski definition) is 0. The lowest BCUT2D eigenvalue weighted by Gasteiger charge is -2.34. The summed E-state index contributed by atoms with van der Waals surface area (Å²) in [6, 6.07) is 0. The average Bonchev–Trinajstić information content (AvgIpc) is 2.77. The van der Waals surface area contributed by atoms with Gasteiger partial charge in [-0.25, -0.2) is 8.78 Å². The van der Waals surface area contributed by atoms with Gasteiger partial charge in [0.15, 0.2) is 6.61 Å². The third kappa shape index (κ3) is 4.43. The van der Waals surface area contributed by atoms with E-state index in [1.165, 1.54) is 0 Å². The molecule has 0 saturated heterocycles. The fourth-order valence-electron chi connectivity index (χ4n) is 3.53. The Hall–Kier alpha value is -1.14. The topological polar surface area (TPSA) is 26.3 Å². The van der Waals surface area contributed by atoms with E-state index in [2.05, 4.69) is 11.3 Å². The molecule has 0 aromatic rings. The second kappa shape index (κ2) is 6.16. The highest BCUT2D eigenvalue weighted by Gasteiger charge is 2.45. The number of halogens is 5. The smallest absolute Gasteiger partial charge is 0.422 e. The van der Waals surface area contributed by atoms with Gasteiger partial charge in [-0.2, -0.15) is 13.2 Å². The van der Waals surface area contributed by atoms with Crippen LogP contribution in [0.3, 0.4) is 0 Å². The Labute approximate surface area is 125 Å². The zero-order valence-electron chi connectivity index (χ0n) is 12.1. The maximum absolute atomic E-state index is 13.2. The molecule has 0 radical (unpaired) electrons. The van der Waals surface area contributed by atoms with Crippen molar-refractivity contribution in [1.82, 2.24) is 0 Å². The van der Waals surface area contributed by atoms with E-state index in [0.717, 1.165) is 5.57 Å². The van der Waals surface area contributed by atoms with Gasteiger partial charge in [0.1, 0.15) is 0 Å². The van der Waals surface area contributed by atoms with Gasteiger partial charge >= 0.3 is 12.1 Å². The Bertz CT molecular complexity index is 434. The van der Waals surface area contributed by atoms with E-state index < -0.39 is 30.6 Å². The van der Waals surface area contributed by atoms with E-state index in [0.29, 0.717) is 6.42 Å². The third-order valence-corrected chi connectivity index (χ3v) is 4.60. The lowest BCUT2D eigenvalue weighted by atomic mass is 9.74. The van der Waals surface area contributed by atoms with Gasteiger partial charge in [0.25, 0.3) is 0 Å². The molecule has 126 valence electrons. The van der Waals surface area contributed by atoms with Crippen LogP contribution < -0.4 is 0 Å². The number of esters is 1. The van der Waals surface area contributed by atoms with Crippen LogP contribution in [0.5, 0.6) is 0 Å². The molecule has 0 N–H and O–H groups in total. The predicted molar refractivity (Wildman–Crippen MR) is 69.3 cm³/mol. The highest BCUT2D eigenvalue weighted by molar-refractivity contribution is 5.74. The van der Waals surface area contributed by atoms with E-state index in [9.17, 15) is 26.7 Å². The summed E-state index contributed by atoms with van der Waals surface area (Å²) < 4.78 is 67.2. The molecule has 2 fully saturated rings. The summed E-state index contributed by atoms with van der Waals surface area (Å²) in [5, 5.41) is 0. The molecule has 0 aromatic heterocycles. The maximum Gasteiger partial charge on any atom is 0.422 e. The highest BCUT2D eigenvalue weighted by Crippen LogP contribution is 2.48. The molecule has 0 spiro atoms. The third-order valence-electron chi connectivity index (χ3n) is 4.60. The molecule has 22 heavy (non-hydrogen) atoms. The van der Waals surface area contributed by atoms with Crippen molar-refractivity contribution in [3.8, 4) is 0 Å². The molecule has 0 aromatic carbocycles. The first-order valence-electron chi connectivity index (χ1n) is 7.35. The number of allylic oxidation sites excluding steroid dienone is 1. The van der Waals surface area contributed by atoms with Crippen LogP contribution in [0.4, 0.5) is 22.0 Å². The SMILES string of the molecule is C=C1C[C@@H](C(=O)OCC(F)(F)F)[C@H](C2CCC(F)(F)CC2)C1. The number of hydrogen-bond acceptors (Lipinski definition) is 2. The van der Waals surface area contributed by atoms with Gasteiger partial charge < -0.3 is 4.74 Å². The van der Waals surface area contributed by atoms with Gasteiger partial charge in [0.05, 0.1) is 5.92 Å². The van der Waals surface area contributed by atoms with E-state index in [-0.39, 0.29) is 43.9 Å². The van der Waals surface area contributed by atoms with Gasteiger partial charge in [-0.15, -0.1) is 0 Å². The Kier molecular flexibility index (Phi) is 4.82. The number of ether oxygens (including phenoxy) is 1. The standard InChI is InChI=1S/C15H19F5O2/c1-9-6-11(10-2-4-14(16,17)5-3-10)12(7-9)13(21)22-8-15(18,19)20/h10-12H,1-8H2/t11-,12+/m0/s1. The molecule has 7 heteroatoms. The minimum Gasteiger partial charge on any atom is -0.456 e. The summed E-state index contributed by atoms with van der Waals surface area (Å²) in [4.78, 5) is 11.9. The Morgan fingerprint density at radius 2 is 1.82 bits per heavy atom. The average molecular weight is 326 g/mol. The number of rotatable bonds is 3. The summed E-state index contributed by atoms with van der Waals surface area (Å²) in [5.74, 6) is -4.56. The quantitative estimate of drug-likeness (QED) is 0.434.